The molecule has 0 saturated heterocycles. The van der Waals surface area contributed by atoms with Crippen LogP contribution in [-0.2, 0) is 0 Å². The maximum atomic E-state index is 3.07. The van der Waals surface area contributed by atoms with Crippen molar-refractivity contribution in [1.29, 1.82) is 0 Å². The van der Waals surface area contributed by atoms with Crippen LogP contribution in [-0.4, -0.2) is 5.66 Å². The van der Waals surface area contributed by atoms with Gasteiger partial charge >= 0.3 is 0 Å². The highest BCUT2D eigenvalue weighted by Crippen LogP contribution is 2.51. The van der Waals surface area contributed by atoms with Crippen LogP contribution in [0.1, 0.15) is 65.2 Å². The van der Waals surface area contributed by atoms with Crippen LogP contribution in [0.3, 0.4) is 0 Å². The summed E-state index contributed by atoms with van der Waals surface area (Å²) in [6.07, 6.45) is 11.6. The Kier molecular flexibility index (Phi) is 6.10. The molecule has 0 aromatic heterocycles. The van der Waals surface area contributed by atoms with Gasteiger partial charge in [-0.1, -0.05) is 52.4 Å². The molecule has 3 atom stereocenters. The van der Waals surface area contributed by atoms with Crippen molar-refractivity contribution in [2.24, 2.45) is 11.8 Å². The van der Waals surface area contributed by atoms with Crippen LogP contribution in [0.5, 0.6) is 0 Å². The summed E-state index contributed by atoms with van der Waals surface area (Å²) in [5.41, 5.74) is 0.976. The Bertz CT molecular complexity index is 128. The van der Waals surface area contributed by atoms with Crippen molar-refractivity contribution in [3.8, 4) is 0 Å². The lowest BCUT2D eigenvalue weighted by atomic mass is 10.1. The van der Waals surface area contributed by atoms with Gasteiger partial charge in [-0.2, -0.15) is 0 Å². The molecule has 1 rings (SSSR count). The predicted molar refractivity (Wildman–Crippen MR) is 68.8 cm³/mol. The summed E-state index contributed by atoms with van der Waals surface area (Å²) < 4.78 is 0. The van der Waals surface area contributed by atoms with Gasteiger partial charge in [0.05, 0.1) is 0 Å². The molecule has 0 spiro atoms. The second kappa shape index (κ2) is 6.83. The van der Waals surface area contributed by atoms with E-state index in [0.29, 0.717) is 0 Å². The van der Waals surface area contributed by atoms with E-state index in [9.17, 15) is 0 Å². The first-order valence-electron chi connectivity index (χ1n) is 6.56. The van der Waals surface area contributed by atoms with Crippen LogP contribution in [0, 0.1) is 11.8 Å². The molecule has 1 heteroatoms. The molecule has 0 radical (unpaired) electrons. The highest BCUT2D eigenvalue weighted by molar-refractivity contribution is 7.18. The normalized spacial score (nSPS) is 30.6. The number of hydrogen-bond donors (Lipinski definition) is 0. The second-order valence-corrected chi connectivity index (χ2v) is 5.67. The molecular weight excluding hydrogens is 187 g/mol. The van der Waals surface area contributed by atoms with Gasteiger partial charge in [-0.15, -0.1) is 9.24 Å². The molecule has 1 aliphatic rings. The number of rotatable bonds is 8. The van der Waals surface area contributed by atoms with E-state index in [1.54, 1.807) is 0 Å². The Morgan fingerprint density at radius 3 is 1.57 bits per heavy atom. The summed E-state index contributed by atoms with van der Waals surface area (Å²) in [4.78, 5) is 0. The molecular formula is C13H27P. The van der Waals surface area contributed by atoms with Crippen molar-refractivity contribution in [3.05, 3.63) is 0 Å². The van der Waals surface area contributed by atoms with E-state index in [2.05, 4.69) is 23.1 Å². The van der Waals surface area contributed by atoms with Crippen LogP contribution in [0.25, 0.3) is 0 Å². The van der Waals surface area contributed by atoms with Crippen LogP contribution in [0.2, 0.25) is 0 Å². The smallest absolute Gasteiger partial charge is 0.0202 e. The van der Waals surface area contributed by atoms with Gasteiger partial charge in [0, 0.05) is 0 Å². The molecule has 0 nitrogen and oxygen atoms in total. The van der Waals surface area contributed by atoms with Gasteiger partial charge in [0.1, 0.15) is 0 Å². The Labute approximate surface area is 92.4 Å². The van der Waals surface area contributed by atoms with E-state index in [1.807, 2.05) is 0 Å². The van der Waals surface area contributed by atoms with E-state index in [0.717, 1.165) is 17.5 Å². The summed E-state index contributed by atoms with van der Waals surface area (Å²) in [6.45, 7) is 4.59. The summed E-state index contributed by atoms with van der Waals surface area (Å²) in [6, 6.07) is 0. The Hall–Kier alpha value is 0.430. The molecule has 1 aliphatic carbocycles. The molecule has 0 aromatic rings. The lowest BCUT2D eigenvalue weighted by Crippen LogP contribution is -1.85. The molecule has 0 N–H and O–H groups in total. The fourth-order valence-electron chi connectivity index (χ4n) is 2.55. The van der Waals surface area contributed by atoms with Gasteiger partial charge in [0.2, 0.25) is 0 Å². The first kappa shape index (κ1) is 12.5. The summed E-state index contributed by atoms with van der Waals surface area (Å²) in [5, 5.41) is 0. The molecule has 0 aliphatic heterocycles. The van der Waals surface area contributed by atoms with E-state index in [4.69, 9.17) is 0 Å². The van der Waals surface area contributed by atoms with Gasteiger partial charge in [0.15, 0.2) is 0 Å². The van der Waals surface area contributed by atoms with Gasteiger partial charge in [0.25, 0.3) is 0 Å². The van der Waals surface area contributed by atoms with Crippen LogP contribution in [0.4, 0.5) is 0 Å². The Balaban J connectivity index is 2.00. The third-order valence-electron chi connectivity index (χ3n) is 3.68. The third-order valence-corrected chi connectivity index (χ3v) is 4.67. The van der Waals surface area contributed by atoms with Crippen LogP contribution in [0.15, 0.2) is 0 Å². The fraction of sp³-hybridized carbons (Fsp3) is 1.00. The average Bonchev–Trinajstić information content (AvgIpc) is 2.78. The average molecular weight is 214 g/mol. The lowest BCUT2D eigenvalue weighted by Gasteiger charge is -1.99. The van der Waals surface area contributed by atoms with Crippen molar-refractivity contribution in [2.45, 2.75) is 70.9 Å². The first-order valence-corrected chi connectivity index (χ1v) is 7.23. The van der Waals surface area contributed by atoms with E-state index < -0.39 is 0 Å². The number of hydrogen-bond acceptors (Lipinski definition) is 0. The van der Waals surface area contributed by atoms with Crippen molar-refractivity contribution >= 4 is 9.24 Å². The summed E-state index contributed by atoms with van der Waals surface area (Å²) in [5.74, 6) is 2.15. The Morgan fingerprint density at radius 1 is 0.786 bits per heavy atom. The monoisotopic (exact) mass is 214 g/mol. The van der Waals surface area contributed by atoms with E-state index in [1.165, 1.54) is 51.4 Å². The van der Waals surface area contributed by atoms with Crippen molar-refractivity contribution in [2.75, 3.05) is 0 Å². The predicted octanol–water partition coefficient (Wildman–Crippen LogP) is 4.64. The number of unbranched alkanes of at least 4 members (excludes halogenated alkanes) is 4. The molecule has 1 saturated carbocycles. The molecule has 1 fully saturated rings. The molecule has 84 valence electrons. The van der Waals surface area contributed by atoms with E-state index in [-0.39, 0.29) is 0 Å². The maximum absolute atomic E-state index is 3.07. The largest absolute Gasteiger partial charge is 0.134 e. The van der Waals surface area contributed by atoms with Gasteiger partial charge in [-0.25, -0.2) is 0 Å². The zero-order valence-corrected chi connectivity index (χ0v) is 11.1. The maximum Gasteiger partial charge on any atom is -0.0202 e. The van der Waals surface area contributed by atoms with Gasteiger partial charge < -0.3 is 0 Å². The molecule has 14 heavy (non-hydrogen) atoms. The minimum Gasteiger partial charge on any atom is -0.134 e. The van der Waals surface area contributed by atoms with Gasteiger partial charge in [-0.3, -0.25) is 0 Å². The zero-order chi connectivity index (χ0) is 10.4. The molecule has 0 bridgehead atoms. The van der Waals surface area contributed by atoms with Gasteiger partial charge in [-0.05, 0) is 30.3 Å². The van der Waals surface area contributed by atoms with Crippen molar-refractivity contribution in [3.63, 3.8) is 0 Å². The quantitative estimate of drug-likeness (QED) is 0.408. The third kappa shape index (κ3) is 3.89. The lowest BCUT2D eigenvalue weighted by molar-refractivity contribution is 0.540. The first-order chi connectivity index (χ1) is 6.81. The fourth-order valence-corrected chi connectivity index (χ4v) is 3.38. The van der Waals surface area contributed by atoms with Crippen molar-refractivity contribution < 1.29 is 0 Å². The second-order valence-electron chi connectivity index (χ2n) is 4.90. The van der Waals surface area contributed by atoms with Crippen molar-refractivity contribution in [1.82, 2.24) is 0 Å². The van der Waals surface area contributed by atoms with Crippen LogP contribution < -0.4 is 0 Å². The standard InChI is InChI=1S/C13H27P/c1-3-5-7-9-11-12(13(11)14)10-8-6-4-2/h11-13H,3-10,14H2,1-2H3. The molecule has 3 unspecified atom stereocenters. The Morgan fingerprint density at radius 2 is 1.21 bits per heavy atom. The van der Waals surface area contributed by atoms with Crippen LogP contribution >= 0.6 is 9.24 Å². The topological polar surface area (TPSA) is 0 Å². The molecule has 0 aromatic carbocycles. The highest BCUT2D eigenvalue weighted by Gasteiger charge is 2.44. The zero-order valence-electron chi connectivity index (χ0n) is 9.97. The summed E-state index contributed by atoms with van der Waals surface area (Å²) in [7, 11) is 3.07. The SMILES string of the molecule is CCCCCC1C(P)C1CCCCC. The van der Waals surface area contributed by atoms with E-state index >= 15 is 0 Å². The summed E-state index contributed by atoms with van der Waals surface area (Å²) >= 11 is 0. The minimum atomic E-state index is 0.976. The minimum absolute atomic E-state index is 0.976. The molecule has 0 heterocycles. The molecule has 0 amide bonds. The highest BCUT2D eigenvalue weighted by atomic mass is 31.0.